The van der Waals surface area contributed by atoms with Crippen LogP contribution in [0.2, 0.25) is 0 Å². The second-order valence-electron chi connectivity index (χ2n) is 8.78. The van der Waals surface area contributed by atoms with E-state index in [1.807, 2.05) is 24.0 Å². The molecule has 1 aromatic heterocycles. The number of nitrogens with zero attached hydrogens (tertiary/aromatic N) is 4. The van der Waals surface area contributed by atoms with E-state index < -0.39 is 0 Å². The fourth-order valence-corrected chi connectivity index (χ4v) is 4.71. The van der Waals surface area contributed by atoms with E-state index in [9.17, 15) is 0 Å². The zero-order chi connectivity index (χ0) is 22.8. The molecule has 1 saturated heterocycles. The molecule has 0 unspecified atom stereocenters. The molecular weight excluding hydrogens is 412 g/mol. The van der Waals surface area contributed by atoms with Gasteiger partial charge in [0.05, 0.1) is 30.9 Å². The van der Waals surface area contributed by atoms with Crippen molar-refractivity contribution in [3.63, 3.8) is 0 Å². The molecule has 3 aromatic rings. The smallest absolute Gasteiger partial charge is 0.171 e. The minimum atomic E-state index is 0.275. The summed E-state index contributed by atoms with van der Waals surface area (Å²) in [6, 6.07) is 15.4. The largest absolute Gasteiger partial charge is 0.495 e. The first-order valence-electron chi connectivity index (χ1n) is 11.6. The summed E-state index contributed by atoms with van der Waals surface area (Å²) in [5.41, 5.74) is 6.83. The Balaban J connectivity index is 1.47. The van der Waals surface area contributed by atoms with Gasteiger partial charge in [-0.25, -0.2) is 4.98 Å². The number of benzene rings is 2. The molecule has 1 atom stereocenters. The molecule has 6 nitrogen and oxygen atoms in total. The van der Waals surface area contributed by atoms with Crippen molar-refractivity contribution in [3.05, 3.63) is 82.9 Å². The minimum Gasteiger partial charge on any atom is -0.495 e. The predicted octanol–water partition coefficient (Wildman–Crippen LogP) is 5.45. The third-order valence-electron chi connectivity index (χ3n) is 6.41. The van der Waals surface area contributed by atoms with Crippen LogP contribution in [0.1, 0.15) is 47.7 Å². The van der Waals surface area contributed by atoms with Crippen molar-refractivity contribution in [3.8, 4) is 11.4 Å². The van der Waals surface area contributed by atoms with Crippen molar-refractivity contribution in [2.45, 2.75) is 39.2 Å². The number of piperidine rings is 1. The van der Waals surface area contributed by atoms with Gasteiger partial charge in [0, 0.05) is 19.2 Å². The molecule has 6 heteroatoms. The number of hydrogen-bond donors (Lipinski definition) is 0. The fourth-order valence-electron chi connectivity index (χ4n) is 4.71. The van der Waals surface area contributed by atoms with Gasteiger partial charge >= 0.3 is 0 Å². The Bertz CT molecular complexity index is 1190. The molecule has 0 spiro atoms. The van der Waals surface area contributed by atoms with Crippen LogP contribution < -0.4 is 4.74 Å². The Morgan fingerprint density at radius 2 is 1.97 bits per heavy atom. The third kappa shape index (κ3) is 4.38. The standard InChI is InChI=1S/C27H30N4O2/c1-19-6-9-22(10-7-19)24-12-14-33-29-27-23(5-4-13-31(24)27)15-21-8-11-25(26(16-21)32-3)30-17-20(2)28-18-30/h6-11,15-18,24H,4-5,12-14H2,1-3H3/b23-15+/t24-/m1/s1. The van der Waals surface area contributed by atoms with Gasteiger partial charge in [-0.15, -0.1) is 0 Å². The lowest BCUT2D eigenvalue weighted by Crippen LogP contribution is -2.39. The maximum Gasteiger partial charge on any atom is 0.171 e. The highest BCUT2D eigenvalue weighted by molar-refractivity contribution is 6.02. The minimum absolute atomic E-state index is 0.275. The first-order valence-corrected chi connectivity index (χ1v) is 11.6. The van der Waals surface area contributed by atoms with E-state index in [-0.39, 0.29) is 6.04 Å². The van der Waals surface area contributed by atoms with Crippen LogP contribution in [-0.4, -0.2) is 40.5 Å². The summed E-state index contributed by atoms with van der Waals surface area (Å²) < 4.78 is 7.70. The number of fused-ring (bicyclic) bond motifs is 1. The predicted molar refractivity (Wildman–Crippen MR) is 131 cm³/mol. The first kappa shape index (κ1) is 21.3. The molecule has 33 heavy (non-hydrogen) atoms. The highest BCUT2D eigenvalue weighted by Crippen LogP contribution is 2.34. The van der Waals surface area contributed by atoms with Crippen LogP contribution in [0.4, 0.5) is 0 Å². The molecule has 1 fully saturated rings. The number of imidazole rings is 1. The van der Waals surface area contributed by atoms with Crippen LogP contribution in [0, 0.1) is 13.8 Å². The van der Waals surface area contributed by atoms with Gasteiger partial charge in [0.1, 0.15) is 12.4 Å². The lowest BCUT2D eigenvalue weighted by atomic mass is 9.94. The van der Waals surface area contributed by atoms with Crippen LogP contribution >= 0.6 is 0 Å². The number of aryl methyl sites for hydroxylation is 2. The van der Waals surface area contributed by atoms with Gasteiger partial charge in [-0.05, 0) is 61.6 Å². The third-order valence-corrected chi connectivity index (χ3v) is 6.41. The normalized spacial score (nSPS) is 19.5. The van der Waals surface area contributed by atoms with Crippen molar-refractivity contribution in [1.29, 1.82) is 0 Å². The number of ether oxygens (including phenoxy) is 1. The van der Waals surface area contributed by atoms with Crippen molar-refractivity contribution < 1.29 is 9.57 Å². The zero-order valence-electron chi connectivity index (χ0n) is 19.5. The van der Waals surface area contributed by atoms with Crippen molar-refractivity contribution in [1.82, 2.24) is 14.5 Å². The van der Waals surface area contributed by atoms with Crippen molar-refractivity contribution >= 4 is 11.9 Å². The summed E-state index contributed by atoms with van der Waals surface area (Å²) in [4.78, 5) is 12.5. The molecule has 5 rings (SSSR count). The van der Waals surface area contributed by atoms with Crippen LogP contribution in [0.15, 0.2) is 65.7 Å². The van der Waals surface area contributed by atoms with Gasteiger partial charge in [-0.3, -0.25) is 0 Å². The van der Waals surface area contributed by atoms with Crippen LogP contribution in [0.5, 0.6) is 5.75 Å². The maximum absolute atomic E-state index is 5.71. The Labute approximate surface area is 195 Å². The molecule has 2 aromatic carbocycles. The van der Waals surface area contributed by atoms with Crippen LogP contribution in [0.3, 0.4) is 0 Å². The number of amidine groups is 1. The Hall–Kier alpha value is -3.54. The highest BCUT2D eigenvalue weighted by Gasteiger charge is 2.31. The molecule has 0 amide bonds. The summed E-state index contributed by atoms with van der Waals surface area (Å²) in [6.45, 7) is 5.72. The van der Waals surface area contributed by atoms with E-state index >= 15 is 0 Å². The average Bonchev–Trinajstić information content (AvgIpc) is 3.14. The number of hydrogen-bond acceptors (Lipinski definition) is 5. The zero-order valence-corrected chi connectivity index (χ0v) is 19.5. The summed E-state index contributed by atoms with van der Waals surface area (Å²) in [5, 5.41) is 4.56. The SMILES string of the molecule is COc1cc(/C=C2\CCCN3C2=NOCC[C@@H]3c2ccc(C)cc2)ccc1-n1cnc(C)c1. The van der Waals surface area contributed by atoms with Gasteiger partial charge in [-0.1, -0.05) is 41.1 Å². The summed E-state index contributed by atoms with van der Waals surface area (Å²) in [6.07, 6.45) is 9.03. The second-order valence-corrected chi connectivity index (χ2v) is 8.78. The van der Waals surface area contributed by atoms with Gasteiger partial charge < -0.3 is 19.0 Å². The topological polar surface area (TPSA) is 51.9 Å². The Morgan fingerprint density at radius 3 is 2.73 bits per heavy atom. The van der Waals surface area contributed by atoms with E-state index in [4.69, 9.17) is 9.57 Å². The lowest BCUT2D eigenvalue weighted by Gasteiger charge is -2.36. The molecule has 3 heterocycles. The van der Waals surface area contributed by atoms with E-state index in [1.54, 1.807) is 7.11 Å². The summed E-state index contributed by atoms with van der Waals surface area (Å²) in [7, 11) is 1.71. The van der Waals surface area contributed by atoms with E-state index in [0.717, 1.165) is 54.3 Å². The van der Waals surface area contributed by atoms with Crippen LogP contribution in [0.25, 0.3) is 11.8 Å². The molecule has 170 valence electrons. The highest BCUT2D eigenvalue weighted by atomic mass is 16.6. The molecule has 0 N–H and O–H groups in total. The number of oxime groups is 1. The van der Waals surface area contributed by atoms with Crippen molar-refractivity contribution in [2.24, 2.45) is 5.16 Å². The lowest BCUT2D eigenvalue weighted by molar-refractivity contribution is 0.140. The van der Waals surface area contributed by atoms with Crippen molar-refractivity contribution in [2.75, 3.05) is 20.3 Å². The summed E-state index contributed by atoms with van der Waals surface area (Å²) in [5.74, 6) is 1.77. The second kappa shape index (κ2) is 9.14. The van der Waals surface area contributed by atoms with E-state index in [2.05, 4.69) is 70.5 Å². The fraction of sp³-hybridized carbons (Fsp3) is 0.333. The average molecular weight is 443 g/mol. The van der Waals surface area contributed by atoms with E-state index in [0.29, 0.717) is 6.61 Å². The molecule has 2 aliphatic rings. The van der Waals surface area contributed by atoms with Gasteiger partial charge in [-0.2, -0.15) is 0 Å². The molecule has 0 saturated carbocycles. The molecule has 0 radical (unpaired) electrons. The van der Waals surface area contributed by atoms with Crippen LogP contribution in [-0.2, 0) is 4.84 Å². The Kier molecular flexibility index (Phi) is 5.90. The number of methoxy groups -OCH3 is 1. The molecule has 0 aliphatic carbocycles. The van der Waals surface area contributed by atoms with Gasteiger partial charge in [0.25, 0.3) is 0 Å². The molecule has 2 aliphatic heterocycles. The monoisotopic (exact) mass is 442 g/mol. The Morgan fingerprint density at radius 1 is 1.12 bits per heavy atom. The van der Waals surface area contributed by atoms with Gasteiger partial charge in [0.15, 0.2) is 5.84 Å². The first-order chi connectivity index (χ1) is 16.1. The number of aromatic nitrogens is 2. The van der Waals surface area contributed by atoms with E-state index in [1.165, 1.54) is 16.7 Å². The number of rotatable bonds is 4. The van der Waals surface area contributed by atoms with Gasteiger partial charge in [0.2, 0.25) is 0 Å². The maximum atomic E-state index is 5.71. The molecular formula is C27H30N4O2. The quantitative estimate of drug-likeness (QED) is 0.539. The summed E-state index contributed by atoms with van der Waals surface area (Å²) >= 11 is 0. The molecule has 0 bridgehead atoms.